The van der Waals surface area contributed by atoms with Gasteiger partial charge in [0.15, 0.2) is 0 Å². The van der Waals surface area contributed by atoms with Crippen molar-refractivity contribution in [3.63, 3.8) is 0 Å². The van der Waals surface area contributed by atoms with E-state index in [9.17, 15) is 0 Å². The summed E-state index contributed by atoms with van der Waals surface area (Å²) >= 11 is 1.87. The van der Waals surface area contributed by atoms with Gasteiger partial charge in [0, 0.05) is 60.0 Å². The minimum absolute atomic E-state index is 0.923. The highest BCUT2D eigenvalue weighted by Gasteiger charge is 2.17. The van der Waals surface area contributed by atoms with E-state index in [-0.39, 0.29) is 0 Å². The molecule has 0 aliphatic rings. The second kappa shape index (κ2) is 10.0. The molecule has 9 rings (SSSR count). The number of hydrogen-bond donors (Lipinski definition) is 0. The van der Waals surface area contributed by atoms with Crippen LogP contribution in [0.15, 0.2) is 156 Å². The summed E-state index contributed by atoms with van der Waals surface area (Å²) in [5, 5.41) is 4.87. The van der Waals surface area contributed by atoms with Gasteiger partial charge in [-0.25, -0.2) is 0 Å². The van der Waals surface area contributed by atoms with Crippen molar-refractivity contribution >= 4 is 53.4 Å². The fourth-order valence-corrected chi connectivity index (χ4v) is 7.86. The third kappa shape index (κ3) is 3.98. The molecule has 0 aliphatic heterocycles. The second-order valence-corrected chi connectivity index (χ2v) is 12.2. The SMILES string of the molecule is c1cncc(-c2cccc(-c3cccc(-c4cccc5c4sc4c(-c6cccc7c6oc6ccccc67)cccc45)c3)c2)c1. The van der Waals surface area contributed by atoms with Crippen molar-refractivity contribution in [3.05, 3.63) is 152 Å². The van der Waals surface area contributed by atoms with Crippen LogP contribution in [0.3, 0.4) is 0 Å². The summed E-state index contributed by atoms with van der Waals surface area (Å²) in [5.41, 5.74) is 11.4. The molecule has 0 atom stereocenters. The lowest BCUT2D eigenvalue weighted by molar-refractivity contribution is 0.670. The summed E-state index contributed by atoms with van der Waals surface area (Å²) < 4.78 is 9.03. The number of thiophene rings is 1. The van der Waals surface area contributed by atoms with Crippen molar-refractivity contribution in [2.75, 3.05) is 0 Å². The molecule has 0 fully saturated rings. The molecule has 0 amide bonds. The number of aromatic nitrogens is 1. The predicted molar refractivity (Wildman–Crippen MR) is 186 cm³/mol. The molecule has 3 heterocycles. The summed E-state index contributed by atoms with van der Waals surface area (Å²) in [6.45, 7) is 0. The summed E-state index contributed by atoms with van der Waals surface area (Å²) in [6.07, 6.45) is 3.73. The van der Waals surface area contributed by atoms with E-state index in [2.05, 4.69) is 132 Å². The monoisotopic (exact) mass is 579 g/mol. The van der Waals surface area contributed by atoms with E-state index < -0.39 is 0 Å². The molecule has 3 heteroatoms. The molecule has 3 aromatic heterocycles. The predicted octanol–water partition coefficient (Wildman–Crippen LogP) is 12.0. The van der Waals surface area contributed by atoms with Crippen molar-refractivity contribution in [1.82, 2.24) is 4.98 Å². The standard InChI is InChI=1S/C41H25NOS/c1-2-21-38-32(14-1)33-16-6-17-34(39(33)43-38)35-18-7-20-37-36-19-5-15-31(40(36)44-41(35)37)29-12-4-10-27(24-29)26-9-3-11-28(23-26)30-13-8-22-42-25-30/h1-25H. The van der Waals surface area contributed by atoms with Crippen LogP contribution < -0.4 is 0 Å². The lowest BCUT2D eigenvalue weighted by Crippen LogP contribution is -1.84. The molecular formula is C41H25NOS. The maximum atomic E-state index is 6.45. The zero-order valence-corrected chi connectivity index (χ0v) is 24.5. The smallest absolute Gasteiger partial charge is 0.143 e. The van der Waals surface area contributed by atoms with Gasteiger partial charge in [0.05, 0.1) is 0 Å². The fraction of sp³-hybridized carbons (Fsp3) is 0. The van der Waals surface area contributed by atoms with Gasteiger partial charge in [-0.15, -0.1) is 11.3 Å². The van der Waals surface area contributed by atoms with E-state index in [1.54, 1.807) is 0 Å². The van der Waals surface area contributed by atoms with E-state index in [0.717, 1.165) is 33.1 Å². The molecule has 9 aromatic rings. The summed E-state index contributed by atoms with van der Waals surface area (Å²) in [6, 6.07) is 49.8. The molecular weight excluding hydrogens is 555 g/mol. The number of nitrogens with zero attached hydrogens (tertiary/aromatic N) is 1. The maximum Gasteiger partial charge on any atom is 0.143 e. The Morgan fingerprint density at radius 1 is 0.432 bits per heavy atom. The van der Waals surface area contributed by atoms with Gasteiger partial charge in [0.2, 0.25) is 0 Å². The van der Waals surface area contributed by atoms with Crippen LogP contribution >= 0.6 is 11.3 Å². The van der Waals surface area contributed by atoms with Gasteiger partial charge in [0.1, 0.15) is 11.2 Å². The topological polar surface area (TPSA) is 26.0 Å². The van der Waals surface area contributed by atoms with E-state index in [0.29, 0.717) is 0 Å². The number of pyridine rings is 1. The first-order valence-electron chi connectivity index (χ1n) is 14.8. The van der Waals surface area contributed by atoms with Crippen LogP contribution in [0.2, 0.25) is 0 Å². The zero-order valence-electron chi connectivity index (χ0n) is 23.7. The number of hydrogen-bond acceptors (Lipinski definition) is 3. The van der Waals surface area contributed by atoms with Gasteiger partial charge < -0.3 is 4.42 Å². The normalized spacial score (nSPS) is 11.6. The van der Waals surface area contributed by atoms with Crippen molar-refractivity contribution in [2.45, 2.75) is 0 Å². The van der Waals surface area contributed by atoms with Crippen LogP contribution in [0.1, 0.15) is 0 Å². The lowest BCUT2D eigenvalue weighted by Gasteiger charge is -2.09. The highest BCUT2D eigenvalue weighted by Crippen LogP contribution is 2.46. The minimum atomic E-state index is 0.923. The molecule has 0 bridgehead atoms. The van der Waals surface area contributed by atoms with Crippen LogP contribution in [-0.4, -0.2) is 4.98 Å². The van der Waals surface area contributed by atoms with Gasteiger partial charge >= 0.3 is 0 Å². The summed E-state index contributed by atoms with van der Waals surface area (Å²) in [7, 11) is 0. The zero-order chi connectivity index (χ0) is 29.0. The number of furan rings is 1. The second-order valence-electron chi connectivity index (χ2n) is 11.2. The Kier molecular flexibility index (Phi) is 5.71. The number of benzene rings is 6. The largest absolute Gasteiger partial charge is 0.455 e. The van der Waals surface area contributed by atoms with E-state index in [1.165, 1.54) is 53.6 Å². The van der Waals surface area contributed by atoms with Gasteiger partial charge in [-0.3, -0.25) is 4.98 Å². The third-order valence-electron chi connectivity index (χ3n) is 8.58. The molecule has 0 aliphatic carbocycles. The van der Waals surface area contributed by atoms with Crippen molar-refractivity contribution < 1.29 is 4.42 Å². The number of para-hydroxylation sites is 2. The first-order chi connectivity index (χ1) is 21.8. The van der Waals surface area contributed by atoms with Crippen LogP contribution in [0.4, 0.5) is 0 Å². The average Bonchev–Trinajstić information content (AvgIpc) is 3.68. The summed E-state index contributed by atoms with van der Waals surface area (Å²) in [4.78, 5) is 4.31. The maximum absolute atomic E-state index is 6.45. The molecule has 0 N–H and O–H groups in total. The number of fused-ring (bicyclic) bond motifs is 6. The van der Waals surface area contributed by atoms with Crippen molar-refractivity contribution in [3.8, 4) is 44.5 Å². The van der Waals surface area contributed by atoms with Crippen LogP contribution in [0, 0.1) is 0 Å². The van der Waals surface area contributed by atoms with Gasteiger partial charge in [-0.2, -0.15) is 0 Å². The molecule has 0 radical (unpaired) electrons. The quantitative estimate of drug-likeness (QED) is 0.207. The molecule has 6 aromatic carbocycles. The Morgan fingerprint density at radius 2 is 1.00 bits per heavy atom. The molecule has 0 spiro atoms. The van der Waals surface area contributed by atoms with E-state index >= 15 is 0 Å². The van der Waals surface area contributed by atoms with Gasteiger partial charge in [0.25, 0.3) is 0 Å². The first kappa shape index (κ1) is 25.0. The van der Waals surface area contributed by atoms with E-state index in [1.807, 2.05) is 35.9 Å². The Hall–Kier alpha value is -5.51. The Balaban J connectivity index is 1.20. The Labute approximate surface area is 258 Å². The molecule has 2 nitrogen and oxygen atoms in total. The first-order valence-corrected chi connectivity index (χ1v) is 15.6. The van der Waals surface area contributed by atoms with Gasteiger partial charge in [-0.05, 0) is 52.1 Å². The molecule has 206 valence electrons. The summed E-state index contributed by atoms with van der Waals surface area (Å²) in [5.74, 6) is 0. The average molecular weight is 580 g/mol. The van der Waals surface area contributed by atoms with Crippen LogP contribution in [0.5, 0.6) is 0 Å². The van der Waals surface area contributed by atoms with Crippen LogP contribution in [-0.2, 0) is 0 Å². The highest BCUT2D eigenvalue weighted by atomic mass is 32.1. The van der Waals surface area contributed by atoms with Crippen molar-refractivity contribution in [1.29, 1.82) is 0 Å². The minimum Gasteiger partial charge on any atom is -0.455 e. The molecule has 44 heavy (non-hydrogen) atoms. The number of rotatable bonds is 4. The Morgan fingerprint density at radius 3 is 1.77 bits per heavy atom. The third-order valence-corrected chi connectivity index (χ3v) is 9.87. The Bertz CT molecular complexity index is 2500. The molecule has 0 saturated carbocycles. The van der Waals surface area contributed by atoms with Crippen LogP contribution in [0.25, 0.3) is 86.6 Å². The highest BCUT2D eigenvalue weighted by molar-refractivity contribution is 7.26. The van der Waals surface area contributed by atoms with Gasteiger partial charge in [-0.1, -0.05) is 115 Å². The van der Waals surface area contributed by atoms with Crippen molar-refractivity contribution in [2.24, 2.45) is 0 Å². The fourth-order valence-electron chi connectivity index (χ4n) is 6.50. The van der Waals surface area contributed by atoms with E-state index in [4.69, 9.17) is 4.42 Å². The molecule has 0 unspecified atom stereocenters. The lowest BCUT2D eigenvalue weighted by atomic mass is 9.95. The molecule has 0 saturated heterocycles.